The lowest BCUT2D eigenvalue weighted by atomic mass is 10.00. The quantitative estimate of drug-likeness (QED) is 0.745. The van der Waals surface area contributed by atoms with Crippen molar-refractivity contribution < 1.29 is 14.3 Å². The Labute approximate surface area is 167 Å². The van der Waals surface area contributed by atoms with Crippen LogP contribution in [0, 0.1) is 0 Å². The van der Waals surface area contributed by atoms with Crippen LogP contribution in [0.15, 0.2) is 54.6 Å². The van der Waals surface area contributed by atoms with Crippen LogP contribution >= 0.6 is 0 Å². The Morgan fingerprint density at radius 1 is 1.07 bits per heavy atom. The molecule has 1 heterocycles. The minimum atomic E-state index is -0.0498. The fraction of sp³-hybridized carbons (Fsp3) is 0.348. The van der Waals surface area contributed by atoms with Crippen LogP contribution in [-0.2, 0) is 4.79 Å². The van der Waals surface area contributed by atoms with Crippen molar-refractivity contribution in [2.75, 3.05) is 38.2 Å². The summed E-state index contributed by atoms with van der Waals surface area (Å²) < 4.78 is 11.2. The smallest absolute Gasteiger partial charge is 0.238 e. The van der Waals surface area contributed by atoms with Crippen molar-refractivity contribution in [2.45, 2.75) is 20.3 Å². The highest BCUT2D eigenvalue weighted by Crippen LogP contribution is 2.29. The Hall–Kier alpha value is -2.79. The molecule has 0 atom stereocenters. The van der Waals surface area contributed by atoms with Crippen LogP contribution in [0.3, 0.4) is 0 Å². The topological polar surface area (TPSA) is 50.8 Å². The van der Waals surface area contributed by atoms with Gasteiger partial charge in [-0.05, 0) is 43.5 Å². The van der Waals surface area contributed by atoms with Gasteiger partial charge in [-0.15, -0.1) is 0 Å². The molecule has 0 bridgehead atoms. The third kappa shape index (κ3) is 5.36. The van der Waals surface area contributed by atoms with E-state index >= 15 is 0 Å². The van der Waals surface area contributed by atoms with Gasteiger partial charge in [0.15, 0.2) is 0 Å². The summed E-state index contributed by atoms with van der Waals surface area (Å²) in [6.45, 7) is 6.96. The first-order chi connectivity index (χ1) is 13.7. The van der Waals surface area contributed by atoms with Crippen molar-refractivity contribution in [2.24, 2.45) is 0 Å². The Kier molecular flexibility index (Phi) is 7.09. The molecule has 0 aliphatic carbocycles. The van der Waals surface area contributed by atoms with Crippen molar-refractivity contribution in [3.8, 4) is 11.5 Å². The lowest BCUT2D eigenvalue weighted by Crippen LogP contribution is -2.36. The van der Waals surface area contributed by atoms with Crippen molar-refractivity contribution in [1.29, 1.82) is 0 Å². The number of carbonyl (C=O) groups is 1. The second kappa shape index (κ2) is 9.95. The van der Waals surface area contributed by atoms with E-state index in [1.807, 2.05) is 38.1 Å². The van der Waals surface area contributed by atoms with E-state index in [0.29, 0.717) is 31.2 Å². The van der Waals surface area contributed by atoms with Crippen LogP contribution in [0.4, 0.5) is 5.69 Å². The molecule has 1 N–H and O–H groups in total. The van der Waals surface area contributed by atoms with Gasteiger partial charge in [0.1, 0.15) is 11.5 Å². The molecule has 2 aromatic rings. The van der Waals surface area contributed by atoms with Crippen LogP contribution in [-0.4, -0.2) is 43.7 Å². The summed E-state index contributed by atoms with van der Waals surface area (Å²) in [5.41, 5.74) is 3.26. The SMILES string of the molecule is CCOc1ccc(OCC)c(NC(=O)CN2CC=C(c3ccccc3)CC2)c1. The molecule has 2 aromatic carbocycles. The van der Waals surface area contributed by atoms with E-state index in [2.05, 4.69) is 40.6 Å². The molecule has 5 nitrogen and oxygen atoms in total. The maximum absolute atomic E-state index is 12.6. The molecule has 5 heteroatoms. The monoisotopic (exact) mass is 380 g/mol. The molecule has 0 unspecified atom stereocenters. The summed E-state index contributed by atoms with van der Waals surface area (Å²) in [6.07, 6.45) is 3.16. The first-order valence-corrected chi connectivity index (χ1v) is 9.86. The zero-order chi connectivity index (χ0) is 19.8. The minimum absolute atomic E-state index is 0.0498. The Balaban J connectivity index is 1.60. The molecule has 0 saturated carbocycles. The summed E-state index contributed by atoms with van der Waals surface area (Å²) in [5, 5.41) is 2.98. The Morgan fingerprint density at radius 3 is 2.54 bits per heavy atom. The molecule has 0 spiro atoms. The van der Waals surface area contributed by atoms with E-state index in [4.69, 9.17) is 9.47 Å². The third-order valence-electron chi connectivity index (χ3n) is 4.64. The first-order valence-electron chi connectivity index (χ1n) is 9.86. The predicted molar refractivity (Wildman–Crippen MR) is 113 cm³/mol. The number of nitrogens with one attached hydrogen (secondary N) is 1. The number of hydrogen-bond acceptors (Lipinski definition) is 4. The van der Waals surface area contributed by atoms with Crippen molar-refractivity contribution in [1.82, 2.24) is 4.90 Å². The molecule has 0 aromatic heterocycles. The number of benzene rings is 2. The Morgan fingerprint density at radius 2 is 1.86 bits per heavy atom. The second-order valence-electron chi connectivity index (χ2n) is 6.65. The average Bonchev–Trinajstić information content (AvgIpc) is 2.71. The van der Waals surface area contributed by atoms with Gasteiger partial charge < -0.3 is 14.8 Å². The van der Waals surface area contributed by atoms with Crippen molar-refractivity contribution in [3.05, 3.63) is 60.2 Å². The van der Waals surface area contributed by atoms with Crippen molar-refractivity contribution >= 4 is 17.2 Å². The molecule has 3 rings (SSSR count). The first kappa shape index (κ1) is 20.0. The standard InChI is InChI=1S/C23H28N2O3/c1-3-27-20-10-11-22(28-4-2)21(16-20)24-23(26)17-25-14-12-19(13-15-25)18-8-6-5-7-9-18/h5-12,16H,3-4,13-15,17H2,1-2H3,(H,24,26). The van der Waals surface area contributed by atoms with Gasteiger partial charge in [-0.3, -0.25) is 9.69 Å². The highest BCUT2D eigenvalue weighted by Gasteiger charge is 2.17. The second-order valence-corrected chi connectivity index (χ2v) is 6.65. The summed E-state index contributed by atoms with van der Waals surface area (Å²) in [7, 11) is 0. The Bertz CT molecular complexity index is 818. The highest BCUT2D eigenvalue weighted by molar-refractivity contribution is 5.94. The molecule has 1 amide bonds. The summed E-state index contributed by atoms with van der Waals surface area (Å²) in [5.74, 6) is 1.32. The number of nitrogens with zero attached hydrogens (tertiary/aromatic N) is 1. The van der Waals surface area contributed by atoms with Gasteiger partial charge in [0.2, 0.25) is 5.91 Å². The minimum Gasteiger partial charge on any atom is -0.494 e. The van der Waals surface area contributed by atoms with E-state index in [0.717, 1.165) is 25.3 Å². The van der Waals surface area contributed by atoms with Gasteiger partial charge in [0.05, 0.1) is 25.4 Å². The van der Waals surface area contributed by atoms with Crippen molar-refractivity contribution in [3.63, 3.8) is 0 Å². The number of carbonyl (C=O) groups excluding carboxylic acids is 1. The van der Waals surface area contributed by atoms with Gasteiger partial charge in [-0.2, -0.15) is 0 Å². The molecule has 0 saturated heterocycles. The van der Waals surface area contributed by atoms with E-state index < -0.39 is 0 Å². The number of ether oxygens (including phenoxy) is 2. The van der Waals surface area contributed by atoms with Gasteiger partial charge in [0.25, 0.3) is 0 Å². The van der Waals surface area contributed by atoms with E-state index in [1.54, 1.807) is 0 Å². The van der Waals surface area contributed by atoms with E-state index in [1.165, 1.54) is 11.1 Å². The van der Waals surface area contributed by atoms with Crippen LogP contribution in [0.2, 0.25) is 0 Å². The van der Waals surface area contributed by atoms with Crippen LogP contribution in [0.5, 0.6) is 11.5 Å². The van der Waals surface area contributed by atoms with Gasteiger partial charge in [-0.25, -0.2) is 0 Å². The molecule has 28 heavy (non-hydrogen) atoms. The normalized spacial score (nSPS) is 14.3. The van der Waals surface area contributed by atoms with Gasteiger partial charge in [0, 0.05) is 19.2 Å². The lowest BCUT2D eigenvalue weighted by Gasteiger charge is -2.26. The highest BCUT2D eigenvalue weighted by atomic mass is 16.5. The average molecular weight is 380 g/mol. The molecule has 0 fully saturated rings. The number of hydrogen-bond donors (Lipinski definition) is 1. The van der Waals surface area contributed by atoms with E-state index in [-0.39, 0.29) is 5.91 Å². The largest absolute Gasteiger partial charge is 0.494 e. The molecular weight excluding hydrogens is 352 g/mol. The lowest BCUT2D eigenvalue weighted by molar-refractivity contribution is -0.117. The summed E-state index contributed by atoms with van der Waals surface area (Å²) in [4.78, 5) is 14.7. The maximum Gasteiger partial charge on any atom is 0.238 e. The number of rotatable bonds is 8. The fourth-order valence-corrected chi connectivity index (χ4v) is 3.31. The molecule has 1 aliphatic heterocycles. The van der Waals surface area contributed by atoms with Gasteiger partial charge in [-0.1, -0.05) is 36.4 Å². The van der Waals surface area contributed by atoms with E-state index in [9.17, 15) is 4.79 Å². The zero-order valence-electron chi connectivity index (χ0n) is 16.6. The summed E-state index contributed by atoms with van der Waals surface area (Å²) in [6, 6.07) is 15.9. The molecule has 148 valence electrons. The van der Waals surface area contributed by atoms with Crippen LogP contribution in [0.25, 0.3) is 5.57 Å². The molecular formula is C23H28N2O3. The predicted octanol–water partition coefficient (Wildman–Crippen LogP) is 4.21. The summed E-state index contributed by atoms with van der Waals surface area (Å²) >= 11 is 0. The fourth-order valence-electron chi connectivity index (χ4n) is 3.31. The van der Waals surface area contributed by atoms with Crippen LogP contribution in [0.1, 0.15) is 25.8 Å². The van der Waals surface area contributed by atoms with Gasteiger partial charge >= 0.3 is 0 Å². The third-order valence-corrected chi connectivity index (χ3v) is 4.64. The molecule has 0 radical (unpaired) electrons. The number of anilines is 1. The number of amides is 1. The molecule has 1 aliphatic rings. The van der Waals surface area contributed by atoms with Crippen LogP contribution < -0.4 is 14.8 Å². The maximum atomic E-state index is 12.6. The zero-order valence-corrected chi connectivity index (χ0v) is 16.6.